The van der Waals surface area contributed by atoms with Crippen molar-refractivity contribution in [3.8, 4) is 11.5 Å². The molecule has 0 spiro atoms. The van der Waals surface area contributed by atoms with E-state index >= 15 is 0 Å². The number of anilines is 2. The van der Waals surface area contributed by atoms with Gasteiger partial charge < -0.3 is 20.1 Å². The number of hydrogen-bond acceptors (Lipinski definition) is 5. The SMILES string of the molecule is CCOc1ccc(NC(=O)CN(C)CC(=O)Nc2cccc(F)c2)cc1OCC. The molecular weight excluding hydrogens is 377 g/mol. The van der Waals surface area contributed by atoms with Crippen LogP contribution in [0.15, 0.2) is 42.5 Å². The van der Waals surface area contributed by atoms with E-state index in [1.165, 1.54) is 18.2 Å². The maximum atomic E-state index is 13.2. The topological polar surface area (TPSA) is 79.9 Å². The molecule has 0 bridgehead atoms. The monoisotopic (exact) mass is 403 g/mol. The van der Waals surface area contributed by atoms with E-state index < -0.39 is 5.82 Å². The van der Waals surface area contributed by atoms with Gasteiger partial charge in [0.05, 0.1) is 26.3 Å². The fourth-order valence-electron chi connectivity index (χ4n) is 2.64. The molecule has 2 N–H and O–H groups in total. The Bertz CT molecular complexity index is 844. The third-order valence-electron chi connectivity index (χ3n) is 3.76. The van der Waals surface area contributed by atoms with Gasteiger partial charge in [-0.25, -0.2) is 4.39 Å². The second-order valence-electron chi connectivity index (χ2n) is 6.31. The Balaban J connectivity index is 1.87. The van der Waals surface area contributed by atoms with Gasteiger partial charge >= 0.3 is 0 Å². The van der Waals surface area contributed by atoms with Gasteiger partial charge in [0.15, 0.2) is 11.5 Å². The molecule has 0 aliphatic rings. The second-order valence-corrected chi connectivity index (χ2v) is 6.31. The average Bonchev–Trinajstić information content (AvgIpc) is 2.63. The van der Waals surface area contributed by atoms with Crippen molar-refractivity contribution >= 4 is 23.2 Å². The summed E-state index contributed by atoms with van der Waals surface area (Å²) < 4.78 is 24.2. The quantitative estimate of drug-likeness (QED) is 0.637. The lowest BCUT2D eigenvalue weighted by atomic mass is 10.2. The van der Waals surface area contributed by atoms with Crippen LogP contribution in [0.3, 0.4) is 0 Å². The van der Waals surface area contributed by atoms with E-state index in [-0.39, 0.29) is 24.9 Å². The summed E-state index contributed by atoms with van der Waals surface area (Å²) in [7, 11) is 1.65. The molecule has 7 nitrogen and oxygen atoms in total. The van der Waals surface area contributed by atoms with Crippen molar-refractivity contribution in [3.63, 3.8) is 0 Å². The van der Waals surface area contributed by atoms with Crippen LogP contribution < -0.4 is 20.1 Å². The zero-order chi connectivity index (χ0) is 21.2. The lowest BCUT2D eigenvalue weighted by Crippen LogP contribution is -2.36. The van der Waals surface area contributed by atoms with Crippen LogP contribution in [0.4, 0.5) is 15.8 Å². The lowest BCUT2D eigenvalue weighted by molar-refractivity contribution is -0.119. The highest BCUT2D eigenvalue weighted by atomic mass is 19.1. The van der Waals surface area contributed by atoms with Crippen molar-refractivity contribution in [2.24, 2.45) is 0 Å². The zero-order valence-corrected chi connectivity index (χ0v) is 16.8. The van der Waals surface area contributed by atoms with Crippen LogP contribution in [0.5, 0.6) is 11.5 Å². The molecule has 0 radical (unpaired) electrons. The fourth-order valence-corrected chi connectivity index (χ4v) is 2.64. The predicted octanol–water partition coefficient (Wildman–Crippen LogP) is 3.13. The first kappa shape index (κ1) is 22.2. The predicted molar refractivity (Wildman–Crippen MR) is 110 cm³/mol. The van der Waals surface area contributed by atoms with Crippen molar-refractivity contribution < 1.29 is 23.5 Å². The fraction of sp³-hybridized carbons (Fsp3) is 0.333. The molecule has 0 aliphatic heterocycles. The Morgan fingerprint density at radius 2 is 1.48 bits per heavy atom. The van der Waals surface area contributed by atoms with Crippen molar-refractivity contribution in [2.75, 3.05) is 44.0 Å². The molecule has 0 aliphatic carbocycles. The van der Waals surface area contributed by atoms with E-state index in [1.807, 2.05) is 13.8 Å². The molecule has 0 saturated carbocycles. The number of nitrogens with zero attached hydrogens (tertiary/aromatic N) is 1. The molecule has 0 saturated heterocycles. The number of amides is 2. The van der Waals surface area contributed by atoms with Crippen LogP contribution in [-0.2, 0) is 9.59 Å². The largest absolute Gasteiger partial charge is 0.490 e. The number of carbonyl (C=O) groups is 2. The molecule has 29 heavy (non-hydrogen) atoms. The molecule has 0 aromatic heterocycles. The smallest absolute Gasteiger partial charge is 0.238 e. The number of nitrogens with one attached hydrogen (secondary N) is 2. The Labute approximate surface area is 169 Å². The zero-order valence-electron chi connectivity index (χ0n) is 16.8. The molecule has 0 atom stereocenters. The highest BCUT2D eigenvalue weighted by Crippen LogP contribution is 2.30. The summed E-state index contributed by atoms with van der Waals surface area (Å²) in [5, 5.41) is 5.37. The lowest BCUT2D eigenvalue weighted by Gasteiger charge is -2.17. The van der Waals surface area contributed by atoms with Crippen molar-refractivity contribution in [2.45, 2.75) is 13.8 Å². The van der Waals surface area contributed by atoms with Crippen LogP contribution >= 0.6 is 0 Å². The first-order valence-corrected chi connectivity index (χ1v) is 9.34. The van der Waals surface area contributed by atoms with E-state index in [0.717, 1.165) is 0 Å². The Kier molecular flexibility index (Phi) is 8.42. The molecule has 0 fully saturated rings. The number of halogens is 1. The van der Waals surface area contributed by atoms with Gasteiger partial charge in [0, 0.05) is 17.4 Å². The minimum Gasteiger partial charge on any atom is -0.490 e. The average molecular weight is 403 g/mol. The van der Waals surface area contributed by atoms with Crippen LogP contribution in [0.25, 0.3) is 0 Å². The highest BCUT2D eigenvalue weighted by molar-refractivity contribution is 5.94. The summed E-state index contributed by atoms with van der Waals surface area (Å²) in [5.74, 6) is 0.106. The van der Waals surface area contributed by atoms with Crippen molar-refractivity contribution in [1.82, 2.24) is 4.90 Å². The van der Waals surface area contributed by atoms with E-state index in [1.54, 1.807) is 36.2 Å². The third kappa shape index (κ3) is 7.42. The van der Waals surface area contributed by atoms with Gasteiger partial charge in [0.25, 0.3) is 0 Å². The van der Waals surface area contributed by atoms with E-state index in [0.29, 0.717) is 36.1 Å². The first-order valence-electron chi connectivity index (χ1n) is 9.34. The van der Waals surface area contributed by atoms with E-state index in [2.05, 4.69) is 10.6 Å². The molecular formula is C21H26FN3O4. The van der Waals surface area contributed by atoms with Crippen LogP contribution in [0, 0.1) is 5.82 Å². The third-order valence-corrected chi connectivity index (χ3v) is 3.76. The second kappa shape index (κ2) is 11.0. The van der Waals surface area contributed by atoms with Crippen molar-refractivity contribution in [3.05, 3.63) is 48.3 Å². The maximum Gasteiger partial charge on any atom is 0.238 e. The highest BCUT2D eigenvalue weighted by Gasteiger charge is 2.13. The molecule has 2 amide bonds. The van der Waals surface area contributed by atoms with Gasteiger partial charge in [0.1, 0.15) is 5.82 Å². The van der Waals surface area contributed by atoms with Gasteiger partial charge in [-0.05, 0) is 51.2 Å². The van der Waals surface area contributed by atoms with Gasteiger partial charge in [-0.15, -0.1) is 0 Å². The summed E-state index contributed by atoms with van der Waals surface area (Å²) in [6.45, 7) is 4.72. The molecule has 2 aromatic carbocycles. The number of benzene rings is 2. The molecule has 0 heterocycles. The summed E-state index contributed by atoms with van der Waals surface area (Å²) in [4.78, 5) is 25.9. The molecule has 156 valence electrons. The number of ether oxygens (including phenoxy) is 2. The first-order chi connectivity index (χ1) is 13.9. The van der Waals surface area contributed by atoms with Gasteiger partial charge in [-0.2, -0.15) is 0 Å². The standard InChI is InChI=1S/C21H26FN3O4/c1-4-28-18-10-9-17(12-19(18)29-5-2)24-21(27)14-25(3)13-20(26)23-16-8-6-7-15(22)11-16/h6-12H,4-5,13-14H2,1-3H3,(H,23,26)(H,24,27). The number of rotatable bonds is 10. The summed E-state index contributed by atoms with van der Waals surface area (Å²) in [5.41, 5.74) is 0.935. The number of hydrogen-bond donors (Lipinski definition) is 2. The molecule has 0 unspecified atom stereocenters. The summed E-state index contributed by atoms with van der Waals surface area (Å²) in [6.07, 6.45) is 0. The van der Waals surface area contributed by atoms with Crippen LogP contribution in [0.1, 0.15) is 13.8 Å². The van der Waals surface area contributed by atoms with Gasteiger partial charge in [-0.1, -0.05) is 6.07 Å². The summed E-state index contributed by atoms with van der Waals surface area (Å²) >= 11 is 0. The van der Waals surface area contributed by atoms with E-state index in [4.69, 9.17) is 9.47 Å². The Morgan fingerprint density at radius 3 is 2.07 bits per heavy atom. The minimum absolute atomic E-state index is 0.00769. The Hall–Kier alpha value is -3.13. The molecule has 2 rings (SSSR count). The minimum atomic E-state index is -0.433. The number of likely N-dealkylation sites (N-methyl/N-ethyl adjacent to an activating group) is 1. The Morgan fingerprint density at radius 1 is 0.897 bits per heavy atom. The molecule has 8 heteroatoms. The van der Waals surface area contributed by atoms with Gasteiger partial charge in [-0.3, -0.25) is 14.5 Å². The van der Waals surface area contributed by atoms with Crippen LogP contribution in [-0.4, -0.2) is 50.1 Å². The van der Waals surface area contributed by atoms with E-state index in [9.17, 15) is 14.0 Å². The maximum absolute atomic E-state index is 13.2. The van der Waals surface area contributed by atoms with Crippen LogP contribution in [0.2, 0.25) is 0 Å². The van der Waals surface area contributed by atoms with Crippen molar-refractivity contribution in [1.29, 1.82) is 0 Å². The molecule has 2 aromatic rings. The number of carbonyl (C=O) groups excluding carboxylic acids is 2. The summed E-state index contributed by atoms with van der Waals surface area (Å²) in [6, 6.07) is 10.8. The normalized spacial score (nSPS) is 10.5. The van der Waals surface area contributed by atoms with Gasteiger partial charge in [0.2, 0.25) is 11.8 Å².